The molecule has 11 heteroatoms. The van der Waals surface area contributed by atoms with Gasteiger partial charge in [-0.05, 0) is 6.07 Å². The third-order valence-corrected chi connectivity index (χ3v) is 1.40. The highest BCUT2D eigenvalue weighted by atomic mass is 19.4. The van der Waals surface area contributed by atoms with E-state index in [9.17, 15) is 18.0 Å². The minimum Gasteiger partial charge on any atom is -0.477 e. The quantitative estimate of drug-likeness (QED) is 0.387. The summed E-state index contributed by atoms with van der Waals surface area (Å²) in [7, 11) is 0. The van der Waals surface area contributed by atoms with Gasteiger partial charge < -0.3 is 26.7 Å². The Bertz CT molecular complexity index is 490. The number of carboxylic acids is 2. The smallest absolute Gasteiger partial charge is 0.477 e. The molecule has 0 saturated carbocycles. The summed E-state index contributed by atoms with van der Waals surface area (Å²) >= 11 is 0. The normalized spacial score (nSPS) is 10.1. The van der Waals surface area contributed by atoms with Crippen LogP contribution < -0.4 is 11.5 Å². The molecule has 0 amide bonds. The number of aromatic amines is 1. The van der Waals surface area contributed by atoms with Crippen molar-refractivity contribution in [3.63, 3.8) is 0 Å². The summed E-state index contributed by atoms with van der Waals surface area (Å²) in [6.07, 6.45) is -3.68. The molecule has 0 spiro atoms. The monoisotopic (exact) mass is 282 g/mol. The SMILES string of the molecule is NC(N)=Nc1c[nH]c(C(=O)O)c1.O=C(O)C(F)(F)F. The van der Waals surface area contributed by atoms with Crippen LogP contribution in [0.1, 0.15) is 10.5 Å². The zero-order chi connectivity index (χ0) is 15.2. The lowest BCUT2D eigenvalue weighted by atomic mass is 10.4. The molecule has 106 valence electrons. The minimum absolute atomic E-state index is 0.0509. The van der Waals surface area contributed by atoms with Crippen molar-refractivity contribution >= 4 is 23.6 Å². The Hall–Kier alpha value is -2.72. The van der Waals surface area contributed by atoms with E-state index in [4.69, 9.17) is 26.5 Å². The number of rotatable bonds is 2. The number of aliphatic carboxylic acids is 1. The number of carboxylic acid groups (broad SMARTS) is 2. The van der Waals surface area contributed by atoms with Crippen LogP contribution in [0.3, 0.4) is 0 Å². The highest BCUT2D eigenvalue weighted by Gasteiger charge is 2.38. The van der Waals surface area contributed by atoms with Crippen LogP contribution >= 0.6 is 0 Å². The Balaban J connectivity index is 0.000000399. The Morgan fingerprint density at radius 3 is 2.00 bits per heavy atom. The number of nitrogens with one attached hydrogen (secondary N) is 1. The molecular weight excluding hydrogens is 273 g/mol. The molecule has 0 fully saturated rings. The lowest BCUT2D eigenvalue weighted by Gasteiger charge is -1.93. The molecule has 7 N–H and O–H groups in total. The molecule has 0 saturated heterocycles. The molecule has 0 atom stereocenters. The van der Waals surface area contributed by atoms with Gasteiger partial charge >= 0.3 is 18.1 Å². The van der Waals surface area contributed by atoms with Crippen LogP contribution in [0.2, 0.25) is 0 Å². The van der Waals surface area contributed by atoms with E-state index in [0.29, 0.717) is 5.69 Å². The lowest BCUT2D eigenvalue weighted by molar-refractivity contribution is -0.192. The number of hydrogen-bond acceptors (Lipinski definition) is 3. The molecule has 1 aromatic rings. The van der Waals surface area contributed by atoms with Crippen molar-refractivity contribution in [2.24, 2.45) is 16.5 Å². The minimum atomic E-state index is -5.08. The van der Waals surface area contributed by atoms with Crippen molar-refractivity contribution in [3.05, 3.63) is 18.0 Å². The molecule has 19 heavy (non-hydrogen) atoms. The van der Waals surface area contributed by atoms with Gasteiger partial charge in [0.05, 0.1) is 5.69 Å². The molecule has 0 radical (unpaired) electrons. The molecule has 8 nitrogen and oxygen atoms in total. The van der Waals surface area contributed by atoms with Crippen molar-refractivity contribution in [1.82, 2.24) is 4.98 Å². The van der Waals surface area contributed by atoms with Crippen molar-refractivity contribution in [1.29, 1.82) is 0 Å². The Kier molecular flexibility index (Phi) is 5.38. The topological polar surface area (TPSA) is 155 Å². The maximum atomic E-state index is 10.6. The Morgan fingerprint density at radius 1 is 1.26 bits per heavy atom. The molecule has 0 aliphatic rings. The molecular formula is C8H9F3N4O4. The van der Waals surface area contributed by atoms with Gasteiger partial charge in [0.2, 0.25) is 0 Å². The molecule has 1 heterocycles. The molecule has 0 aromatic carbocycles. The maximum Gasteiger partial charge on any atom is 0.490 e. The number of carbonyl (C=O) groups is 2. The summed E-state index contributed by atoms with van der Waals surface area (Å²) in [5, 5.41) is 15.6. The van der Waals surface area contributed by atoms with Crippen LogP contribution in [0.5, 0.6) is 0 Å². The highest BCUT2D eigenvalue weighted by Crippen LogP contribution is 2.13. The zero-order valence-electron chi connectivity index (χ0n) is 9.10. The zero-order valence-corrected chi connectivity index (χ0v) is 9.10. The highest BCUT2D eigenvalue weighted by molar-refractivity contribution is 5.87. The van der Waals surface area contributed by atoms with Crippen LogP contribution in [0.25, 0.3) is 0 Å². The Labute approximate surface area is 103 Å². The number of aromatic nitrogens is 1. The number of halogens is 3. The van der Waals surface area contributed by atoms with Crippen LogP contribution in [0, 0.1) is 0 Å². The molecule has 0 unspecified atom stereocenters. The second-order valence-electron chi connectivity index (χ2n) is 2.92. The second-order valence-corrected chi connectivity index (χ2v) is 2.92. The van der Waals surface area contributed by atoms with Gasteiger partial charge in [-0.2, -0.15) is 13.2 Å². The summed E-state index contributed by atoms with van der Waals surface area (Å²) in [4.78, 5) is 25.4. The first kappa shape index (κ1) is 16.3. The third kappa shape index (κ3) is 6.55. The van der Waals surface area contributed by atoms with E-state index in [1.54, 1.807) is 0 Å². The van der Waals surface area contributed by atoms with Crippen LogP contribution in [-0.4, -0.2) is 39.3 Å². The average molecular weight is 282 g/mol. The predicted octanol–water partition coefficient (Wildman–Crippen LogP) is 0.251. The molecule has 1 aromatic heterocycles. The van der Waals surface area contributed by atoms with Gasteiger partial charge in [0.15, 0.2) is 5.96 Å². The first-order valence-electron chi connectivity index (χ1n) is 4.35. The van der Waals surface area contributed by atoms with E-state index in [1.807, 2.05) is 0 Å². The van der Waals surface area contributed by atoms with Crippen molar-refractivity contribution in [2.75, 3.05) is 0 Å². The predicted molar refractivity (Wildman–Crippen MR) is 56.9 cm³/mol. The summed E-state index contributed by atoms with van der Waals surface area (Å²) < 4.78 is 31.7. The fourth-order valence-corrected chi connectivity index (χ4v) is 0.720. The average Bonchev–Trinajstić information content (AvgIpc) is 2.64. The van der Waals surface area contributed by atoms with Crippen LogP contribution in [0.4, 0.5) is 18.9 Å². The van der Waals surface area contributed by atoms with Crippen molar-refractivity contribution in [2.45, 2.75) is 6.18 Å². The number of hydrogen-bond donors (Lipinski definition) is 5. The summed E-state index contributed by atoms with van der Waals surface area (Å²) in [5.74, 6) is -3.91. The van der Waals surface area contributed by atoms with E-state index in [1.165, 1.54) is 12.3 Å². The fourth-order valence-electron chi connectivity index (χ4n) is 0.720. The standard InChI is InChI=1S/C6H8N4O2.C2HF3O2/c7-6(8)10-3-1-4(5(11)12)9-2-3;3-2(4,5)1(6)7/h1-2,9H,(H,11,12)(H4,7,8,10);(H,6,7). The number of alkyl halides is 3. The van der Waals surface area contributed by atoms with Gasteiger partial charge in [0.25, 0.3) is 0 Å². The Morgan fingerprint density at radius 2 is 1.74 bits per heavy atom. The lowest BCUT2D eigenvalue weighted by Crippen LogP contribution is -2.21. The third-order valence-electron chi connectivity index (χ3n) is 1.40. The number of nitrogens with zero attached hydrogens (tertiary/aromatic N) is 1. The first-order chi connectivity index (χ1) is 8.54. The number of nitrogens with two attached hydrogens (primary N) is 2. The number of guanidine groups is 1. The maximum absolute atomic E-state index is 10.6. The van der Waals surface area contributed by atoms with E-state index >= 15 is 0 Å². The molecule has 0 aliphatic carbocycles. The van der Waals surface area contributed by atoms with E-state index in [0.717, 1.165) is 0 Å². The summed E-state index contributed by atoms with van der Waals surface area (Å²) in [6.45, 7) is 0. The summed E-state index contributed by atoms with van der Waals surface area (Å²) in [6, 6.07) is 1.34. The summed E-state index contributed by atoms with van der Waals surface area (Å²) in [5.41, 5.74) is 10.6. The van der Waals surface area contributed by atoms with Gasteiger partial charge in [-0.15, -0.1) is 0 Å². The second kappa shape index (κ2) is 6.28. The fraction of sp³-hybridized carbons (Fsp3) is 0.125. The van der Waals surface area contributed by atoms with E-state index < -0.39 is 18.1 Å². The number of H-pyrrole nitrogens is 1. The van der Waals surface area contributed by atoms with Gasteiger partial charge in [-0.3, -0.25) is 0 Å². The van der Waals surface area contributed by atoms with E-state index in [-0.39, 0.29) is 11.7 Å². The van der Waals surface area contributed by atoms with Crippen LogP contribution in [-0.2, 0) is 4.79 Å². The van der Waals surface area contributed by atoms with Gasteiger partial charge in [0, 0.05) is 6.20 Å². The van der Waals surface area contributed by atoms with Crippen molar-refractivity contribution < 1.29 is 33.0 Å². The van der Waals surface area contributed by atoms with Crippen molar-refractivity contribution in [3.8, 4) is 0 Å². The molecule has 0 aliphatic heterocycles. The van der Waals surface area contributed by atoms with Gasteiger partial charge in [-0.1, -0.05) is 0 Å². The van der Waals surface area contributed by atoms with E-state index in [2.05, 4.69) is 9.98 Å². The van der Waals surface area contributed by atoms with Gasteiger partial charge in [0.1, 0.15) is 5.69 Å². The van der Waals surface area contributed by atoms with Crippen LogP contribution in [0.15, 0.2) is 17.3 Å². The molecule has 0 bridgehead atoms. The molecule has 1 rings (SSSR count). The largest absolute Gasteiger partial charge is 0.490 e. The first-order valence-corrected chi connectivity index (χ1v) is 4.35. The number of aliphatic imine (C=N–C) groups is 1. The number of aromatic carboxylic acids is 1. The van der Waals surface area contributed by atoms with Gasteiger partial charge in [-0.25, -0.2) is 14.6 Å².